The molecule has 0 amide bonds. The molecule has 0 aliphatic carbocycles. The van der Waals surface area contributed by atoms with Crippen LogP contribution >= 0.6 is 0 Å². The summed E-state index contributed by atoms with van der Waals surface area (Å²) in [6, 6.07) is 6.23. The van der Waals surface area contributed by atoms with Crippen LogP contribution in [0, 0.1) is 19.8 Å². The number of aromatic nitrogens is 3. The van der Waals surface area contributed by atoms with Gasteiger partial charge < -0.3 is 9.47 Å². The number of aryl methyl sites for hydroxylation is 2. The molecule has 1 atom stereocenters. The lowest BCUT2D eigenvalue weighted by Gasteiger charge is -2.53. The van der Waals surface area contributed by atoms with Crippen molar-refractivity contribution in [1.82, 2.24) is 19.9 Å². The van der Waals surface area contributed by atoms with Gasteiger partial charge in [0.2, 0.25) is 5.88 Å². The highest BCUT2D eigenvalue weighted by atomic mass is 16.5. The highest BCUT2D eigenvalue weighted by Gasteiger charge is 2.47. The van der Waals surface area contributed by atoms with Gasteiger partial charge >= 0.3 is 0 Å². The van der Waals surface area contributed by atoms with Crippen molar-refractivity contribution in [2.75, 3.05) is 26.3 Å². The number of hydrogen-bond donors (Lipinski definition) is 0. The lowest BCUT2D eigenvalue weighted by molar-refractivity contribution is -0.182. The minimum absolute atomic E-state index is 0.0376. The molecule has 27 heavy (non-hydrogen) atoms. The average Bonchev–Trinajstić information content (AvgIpc) is 2.61. The molecule has 4 rings (SSSR count). The van der Waals surface area contributed by atoms with Crippen molar-refractivity contribution in [3.05, 3.63) is 47.7 Å². The van der Waals surface area contributed by atoms with Crippen molar-refractivity contribution >= 4 is 0 Å². The number of likely N-dealkylation sites (tertiary alicyclic amines) is 1. The van der Waals surface area contributed by atoms with Crippen molar-refractivity contribution in [1.29, 1.82) is 0 Å². The molecule has 0 aromatic carbocycles. The SMILES string of the molecule is Cc1cccc(CN2CC3(C[C@@H](CCOc4cncc(C)n4)CCO3)C2)n1. The van der Waals surface area contributed by atoms with E-state index in [2.05, 4.69) is 32.0 Å². The Morgan fingerprint density at radius 3 is 2.89 bits per heavy atom. The fraction of sp³-hybridized carbons (Fsp3) is 0.571. The minimum Gasteiger partial charge on any atom is -0.477 e. The van der Waals surface area contributed by atoms with E-state index in [9.17, 15) is 0 Å². The van der Waals surface area contributed by atoms with E-state index in [0.717, 1.165) is 62.6 Å². The quantitative estimate of drug-likeness (QED) is 0.781. The van der Waals surface area contributed by atoms with E-state index in [0.29, 0.717) is 18.4 Å². The van der Waals surface area contributed by atoms with Gasteiger partial charge in [-0.25, -0.2) is 4.98 Å². The van der Waals surface area contributed by atoms with Crippen molar-refractivity contribution in [2.24, 2.45) is 5.92 Å². The highest BCUT2D eigenvalue weighted by Crippen LogP contribution is 2.38. The first-order valence-corrected chi connectivity index (χ1v) is 9.81. The summed E-state index contributed by atoms with van der Waals surface area (Å²) in [5, 5.41) is 0. The van der Waals surface area contributed by atoms with Crippen LogP contribution in [0.2, 0.25) is 0 Å². The standard InChI is InChI=1S/C21H28N4O2/c1-16-4-3-5-19(23-16)13-25-14-21(15-25)10-18(7-9-27-21)6-8-26-20-12-22-11-17(2)24-20/h3-5,11-12,18H,6-10,13-15H2,1-2H3/t18-/m0/s1. The van der Waals surface area contributed by atoms with Crippen LogP contribution in [0.1, 0.15) is 36.3 Å². The Labute approximate surface area is 161 Å². The second kappa shape index (κ2) is 7.90. The number of rotatable bonds is 6. The molecule has 0 unspecified atom stereocenters. The van der Waals surface area contributed by atoms with Gasteiger partial charge in [-0.1, -0.05) is 6.07 Å². The van der Waals surface area contributed by atoms with E-state index >= 15 is 0 Å². The molecule has 2 fully saturated rings. The van der Waals surface area contributed by atoms with Crippen molar-refractivity contribution < 1.29 is 9.47 Å². The van der Waals surface area contributed by atoms with Gasteiger partial charge in [-0.05, 0) is 51.2 Å². The maximum Gasteiger partial charge on any atom is 0.232 e. The van der Waals surface area contributed by atoms with Gasteiger partial charge in [-0.2, -0.15) is 0 Å². The van der Waals surface area contributed by atoms with Gasteiger partial charge in [-0.15, -0.1) is 0 Å². The second-order valence-corrected chi connectivity index (χ2v) is 7.94. The second-order valence-electron chi connectivity index (χ2n) is 7.94. The summed E-state index contributed by atoms with van der Waals surface area (Å²) in [7, 11) is 0. The highest BCUT2D eigenvalue weighted by molar-refractivity contribution is 5.12. The van der Waals surface area contributed by atoms with Gasteiger partial charge in [0.1, 0.15) is 0 Å². The first-order valence-electron chi connectivity index (χ1n) is 9.81. The maximum absolute atomic E-state index is 6.18. The predicted octanol–water partition coefficient (Wildman–Crippen LogP) is 2.94. The molecule has 2 aromatic heterocycles. The Balaban J connectivity index is 1.23. The average molecular weight is 368 g/mol. The molecule has 6 nitrogen and oxygen atoms in total. The maximum atomic E-state index is 6.18. The summed E-state index contributed by atoms with van der Waals surface area (Å²) >= 11 is 0. The van der Waals surface area contributed by atoms with Crippen LogP contribution in [0.25, 0.3) is 0 Å². The third-order valence-corrected chi connectivity index (χ3v) is 5.46. The van der Waals surface area contributed by atoms with Crippen molar-refractivity contribution in [3.63, 3.8) is 0 Å². The zero-order valence-corrected chi connectivity index (χ0v) is 16.2. The zero-order valence-electron chi connectivity index (χ0n) is 16.2. The smallest absolute Gasteiger partial charge is 0.232 e. The number of hydrogen-bond acceptors (Lipinski definition) is 6. The van der Waals surface area contributed by atoms with Crippen LogP contribution < -0.4 is 4.74 Å². The van der Waals surface area contributed by atoms with E-state index in [1.807, 2.05) is 19.9 Å². The Bertz CT molecular complexity index is 776. The fourth-order valence-electron chi connectivity index (χ4n) is 4.23. The lowest BCUT2D eigenvalue weighted by atomic mass is 9.79. The summed E-state index contributed by atoms with van der Waals surface area (Å²) in [5.74, 6) is 1.27. The van der Waals surface area contributed by atoms with E-state index in [1.165, 1.54) is 0 Å². The summed E-state index contributed by atoms with van der Waals surface area (Å²) in [6.07, 6.45) is 6.70. The number of ether oxygens (including phenoxy) is 2. The van der Waals surface area contributed by atoms with E-state index in [1.54, 1.807) is 12.4 Å². The molecule has 0 N–H and O–H groups in total. The zero-order chi connectivity index (χ0) is 18.7. The minimum atomic E-state index is 0.0376. The molecular formula is C21H28N4O2. The van der Waals surface area contributed by atoms with Crippen LogP contribution in [0.5, 0.6) is 5.88 Å². The van der Waals surface area contributed by atoms with E-state index in [4.69, 9.17) is 9.47 Å². The molecule has 1 spiro atoms. The molecule has 2 saturated heterocycles. The van der Waals surface area contributed by atoms with Gasteiger partial charge in [-0.3, -0.25) is 14.9 Å². The summed E-state index contributed by atoms with van der Waals surface area (Å²) < 4.78 is 12.0. The van der Waals surface area contributed by atoms with Crippen LogP contribution in [0.15, 0.2) is 30.6 Å². The van der Waals surface area contributed by atoms with Crippen LogP contribution in [0.3, 0.4) is 0 Å². The Morgan fingerprint density at radius 2 is 2.07 bits per heavy atom. The number of nitrogens with zero attached hydrogens (tertiary/aromatic N) is 4. The molecular weight excluding hydrogens is 340 g/mol. The van der Waals surface area contributed by atoms with E-state index in [-0.39, 0.29) is 5.60 Å². The largest absolute Gasteiger partial charge is 0.477 e. The third kappa shape index (κ3) is 4.62. The predicted molar refractivity (Wildman–Crippen MR) is 103 cm³/mol. The van der Waals surface area contributed by atoms with Crippen LogP contribution in [-0.2, 0) is 11.3 Å². The molecule has 0 radical (unpaired) electrons. The monoisotopic (exact) mass is 368 g/mol. The summed E-state index contributed by atoms with van der Waals surface area (Å²) in [5.41, 5.74) is 3.14. The Morgan fingerprint density at radius 1 is 1.19 bits per heavy atom. The topological polar surface area (TPSA) is 60.4 Å². The molecule has 4 heterocycles. The van der Waals surface area contributed by atoms with Crippen LogP contribution in [-0.4, -0.2) is 51.8 Å². The summed E-state index contributed by atoms with van der Waals surface area (Å²) in [6.45, 7) is 8.43. The molecule has 2 aromatic rings. The van der Waals surface area contributed by atoms with Crippen molar-refractivity contribution in [2.45, 2.75) is 45.3 Å². The normalized spacial score (nSPS) is 21.8. The van der Waals surface area contributed by atoms with Gasteiger partial charge in [0.25, 0.3) is 0 Å². The first-order chi connectivity index (χ1) is 13.1. The molecule has 2 aliphatic rings. The Hall–Kier alpha value is -2.05. The molecule has 6 heteroatoms. The fourth-order valence-corrected chi connectivity index (χ4v) is 4.23. The summed E-state index contributed by atoms with van der Waals surface area (Å²) in [4.78, 5) is 15.5. The lowest BCUT2D eigenvalue weighted by Crippen LogP contribution is -2.64. The number of pyridine rings is 1. The van der Waals surface area contributed by atoms with Crippen LogP contribution in [0.4, 0.5) is 0 Å². The molecule has 2 aliphatic heterocycles. The van der Waals surface area contributed by atoms with Crippen molar-refractivity contribution in [3.8, 4) is 5.88 Å². The molecule has 144 valence electrons. The van der Waals surface area contributed by atoms with Gasteiger partial charge in [0.05, 0.1) is 29.8 Å². The van der Waals surface area contributed by atoms with E-state index < -0.39 is 0 Å². The molecule has 0 bridgehead atoms. The first kappa shape index (κ1) is 18.3. The third-order valence-electron chi connectivity index (χ3n) is 5.46. The Kier molecular flexibility index (Phi) is 5.36. The molecule has 0 saturated carbocycles. The van der Waals surface area contributed by atoms with Gasteiger partial charge in [0, 0.05) is 38.1 Å². The van der Waals surface area contributed by atoms with Gasteiger partial charge in [0.15, 0.2) is 0 Å².